The van der Waals surface area contributed by atoms with Gasteiger partial charge in [0.15, 0.2) is 0 Å². The molecular weight excluding hydrogens is 336 g/mol. The number of hydrogen-bond donors (Lipinski definition) is 2. The van der Waals surface area contributed by atoms with Crippen molar-refractivity contribution in [2.24, 2.45) is 0 Å². The molecule has 130 valence electrons. The van der Waals surface area contributed by atoms with Crippen LogP contribution in [0.15, 0.2) is 55.4 Å². The van der Waals surface area contributed by atoms with Crippen LogP contribution in [0.25, 0.3) is 23.1 Å². The van der Waals surface area contributed by atoms with Crippen LogP contribution in [0.4, 0.5) is 11.4 Å². The first-order valence-electron chi connectivity index (χ1n) is 8.42. The summed E-state index contributed by atoms with van der Waals surface area (Å²) in [6.07, 6.45) is 13.9. The number of fused-ring (bicyclic) bond motifs is 1. The molecule has 3 aromatic heterocycles. The number of nitriles is 1. The number of H-pyrrole nitrogens is 1. The number of aromatic amines is 1. The number of aromatic nitrogens is 4. The highest BCUT2D eigenvalue weighted by molar-refractivity contribution is 5.90. The molecule has 0 saturated carbocycles. The van der Waals surface area contributed by atoms with Crippen LogP contribution in [0.3, 0.4) is 0 Å². The fourth-order valence-electron chi connectivity index (χ4n) is 2.95. The highest BCUT2D eigenvalue weighted by Gasteiger charge is 2.11. The zero-order valence-electron chi connectivity index (χ0n) is 14.6. The Kier molecular flexibility index (Phi) is 4.33. The van der Waals surface area contributed by atoms with Crippen molar-refractivity contribution in [1.29, 1.82) is 5.26 Å². The third-order valence-electron chi connectivity index (χ3n) is 4.38. The van der Waals surface area contributed by atoms with Gasteiger partial charge in [-0.3, -0.25) is 15.0 Å². The van der Waals surface area contributed by atoms with E-state index in [-0.39, 0.29) is 0 Å². The normalized spacial score (nSPS) is 11.0. The molecule has 0 bridgehead atoms. The van der Waals surface area contributed by atoms with Crippen LogP contribution in [0.1, 0.15) is 22.4 Å². The van der Waals surface area contributed by atoms with Gasteiger partial charge in [0.2, 0.25) is 0 Å². The lowest BCUT2D eigenvalue weighted by Crippen LogP contribution is -1.99. The van der Waals surface area contributed by atoms with Crippen molar-refractivity contribution in [2.75, 3.05) is 5.32 Å². The quantitative estimate of drug-likeness (QED) is 0.566. The first-order chi connectivity index (χ1) is 13.3. The maximum Gasteiger partial charge on any atom is 0.103 e. The number of aryl methyl sites for hydroxylation is 1. The Bertz CT molecular complexity index is 1170. The number of hydrogen-bond acceptors (Lipinski definition) is 5. The van der Waals surface area contributed by atoms with Crippen molar-refractivity contribution >= 4 is 34.4 Å². The summed E-state index contributed by atoms with van der Waals surface area (Å²) in [7, 11) is 0. The Morgan fingerprint density at radius 2 is 2.00 bits per heavy atom. The minimum atomic E-state index is 0.477. The summed E-state index contributed by atoms with van der Waals surface area (Å²) in [4.78, 5) is 15.7. The average Bonchev–Trinajstić information content (AvgIpc) is 3.19. The highest BCUT2D eigenvalue weighted by Crippen LogP contribution is 2.30. The van der Waals surface area contributed by atoms with E-state index in [9.17, 15) is 5.26 Å². The minimum Gasteiger partial charge on any atom is -0.361 e. The van der Waals surface area contributed by atoms with Gasteiger partial charge in [-0.2, -0.15) is 5.26 Å². The van der Waals surface area contributed by atoms with E-state index < -0.39 is 0 Å². The molecule has 0 fully saturated rings. The van der Waals surface area contributed by atoms with E-state index in [4.69, 9.17) is 0 Å². The topological polar surface area (TPSA) is 90.3 Å². The van der Waals surface area contributed by atoms with E-state index in [2.05, 4.69) is 38.2 Å². The van der Waals surface area contributed by atoms with E-state index in [0.717, 1.165) is 33.4 Å². The maximum atomic E-state index is 9.53. The Morgan fingerprint density at radius 3 is 2.81 bits per heavy atom. The van der Waals surface area contributed by atoms with Crippen LogP contribution in [-0.2, 0) is 0 Å². The Labute approximate surface area is 156 Å². The second-order valence-corrected chi connectivity index (χ2v) is 6.03. The van der Waals surface area contributed by atoms with E-state index >= 15 is 0 Å². The molecule has 0 amide bonds. The van der Waals surface area contributed by atoms with E-state index in [1.54, 1.807) is 31.0 Å². The van der Waals surface area contributed by atoms with E-state index in [1.165, 1.54) is 0 Å². The lowest BCUT2D eigenvalue weighted by Gasteiger charge is -2.14. The molecule has 0 atom stereocenters. The number of nitrogens with one attached hydrogen (secondary N) is 2. The molecule has 0 aliphatic carbocycles. The molecule has 4 rings (SSSR count). The smallest absolute Gasteiger partial charge is 0.103 e. The fraction of sp³-hybridized carbons (Fsp3) is 0.0476. The lowest BCUT2D eigenvalue weighted by atomic mass is 10.1. The first-order valence-corrected chi connectivity index (χ1v) is 8.42. The molecule has 0 saturated heterocycles. The van der Waals surface area contributed by atoms with Gasteiger partial charge >= 0.3 is 0 Å². The molecule has 2 N–H and O–H groups in total. The highest BCUT2D eigenvalue weighted by atomic mass is 14.9. The lowest BCUT2D eigenvalue weighted by molar-refractivity contribution is 1.18. The average molecular weight is 352 g/mol. The summed E-state index contributed by atoms with van der Waals surface area (Å²) in [6, 6.07) is 8.28. The van der Waals surface area contributed by atoms with Crippen molar-refractivity contribution in [1.82, 2.24) is 19.9 Å². The standard InChI is InChI=1S/C21H16N6/c1-14-18-6-7-26-20(18)5-4-19(14)27-21-15(11-24-12-16(21)10-22)2-3-17-13-23-8-9-25-17/h2-9,11-13,26H,1H3,(H,24,27). The molecule has 3 heterocycles. The van der Waals surface area contributed by atoms with Gasteiger partial charge in [-0.25, -0.2) is 0 Å². The molecular formula is C21H16N6. The Balaban J connectivity index is 1.76. The second-order valence-electron chi connectivity index (χ2n) is 6.03. The largest absolute Gasteiger partial charge is 0.361 e. The number of benzene rings is 1. The molecule has 27 heavy (non-hydrogen) atoms. The summed E-state index contributed by atoms with van der Waals surface area (Å²) in [6.45, 7) is 2.06. The van der Waals surface area contributed by atoms with Gasteiger partial charge in [0.25, 0.3) is 0 Å². The molecule has 0 spiro atoms. The van der Waals surface area contributed by atoms with E-state index in [1.807, 2.05) is 36.5 Å². The zero-order chi connectivity index (χ0) is 18.6. The van der Waals surface area contributed by atoms with Crippen molar-refractivity contribution in [3.05, 3.63) is 77.8 Å². The van der Waals surface area contributed by atoms with Gasteiger partial charge in [-0.1, -0.05) is 0 Å². The van der Waals surface area contributed by atoms with Crippen LogP contribution >= 0.6 is 0 Å². The molecule has 0 aliphatic heterocycles. The Morgan fingerprint density at radius 1 is 1.07 bits per heavy atom. The summed E-state index contributed by atoms with van der Waals surface area (Å²) in [5.41, 5.74) is 5.85. The van der Waals surface area contributed by atoms with Crippen molar-refractivity contribution in [2.45, 2.75) is 6.92 Å². The third kappa shape index (κ3) is 3.26. The van der Waals surface area contributed by atoms with Gasteiger partial charge in [0, 0.05) is 53.1 Å². The third-order valence-corrected chi connectivity index (χ3v) is 4.38. The number of nitrogens with zero attached hydrogens (tertiary/aromatic N) is 4. The van der Waals surface area contributed by atoms with Gasteiger partial charge in [-0.05, 0) is 42.8 Å². The summed E-state index contributed by atoms with van der Waals surface area (Å²) in [5.74, 6) is 0. The molecule has 4 aromatic rings. The summed E-state index contributed by atoms with van der Waals surface area (Å²) in [5, 5.41) is 14.1. The first kappa shape index (κ1) is 16.5. The van der Waals surface area contributed by atoms with Gasteiger partial charge in [0.05, 0.1) is 23.1 Å². The van der Waals surface area contributed by atoms with Crippen LogP contribution < -0.4 is 5.32 Å². The SMILES string of the molecule is Cc1c(Nc2c(C#N)cncc2C=Cc2cnccn2)ccc2[nH]ccc12. The predicted molar refractivity (Wildman–Crippen MR) is 106 cm³/mol. The molecule has 0 unspecified atom stereocenters. The molecule has 6 heteroatoms. The van der Waals surface area contributed by atoms with Crippen LogP contribution in [0, 0.1) is 18.3 Å². The summed E-state index contributed by atoms with van der Waals surface area (Å²) >= 11 is 0. The number of pyridine rings is 1. The predicted octanol–water partition coefficient (Wildman–Crippen LogP) is 4.45. The maximum absolute atomic E-state index is 9.53. The second kappa shape index (κ2) is 7.10. The van der Waals surface area contributed by atoms with Gasteiger partial charge in [-0.15, -0.1) is 0 Å². The zero-order valence-corrected chi connectivity index (χ0v) is 14.6. The van der Waals surface area contributed by atoms with Gasteiger partial charge in [0.1, 0.15) is 6.07 Å². The van der Waals surface area contributed by atoms with Crippen LogP contribution in [0.2, 0.25) is 0 Å². The van der Waals surface area contributed by atoms with Crippen LogP contribution in [0.5, 0.6) is 0 Å². The van der Waals surface area contributed by atoms with Crippen molar-refractivity contribution in [3.63, 3.8) is 0 Å². The van der Waals surface area contributed by atoms with E-state index in [0.29, 0.717) is 11.3 Å². The Hall–Kier alpha value is -3.98. The minimum absolute atomic E-state index is 0.477. The monoisotopic (exact) mass is 352 g/mol. The number of anilines is 2. The van der Waals surface area contributed by atoms with Gasteiger partial charge < -0.3 is 10.3 Å². The molecule has 1 aromatic carbocycles. The van der Waals surface area contributed by atoms with Crippen molar-refractivity contribution in [3.8, 4) is 6.07 Å². The number of rotatable bonds is 4. The summed E-state index contributed by atoms with van der Waals surface area (Å²) < 4.78 is 0. The van der Waals surface area contributed by atoms with Crippen LogP contribution in [-0.4, -0.2) is 19.9 Å². The molecule has 0 aliphatic rings. The fourth-order valence-corrected chi connectivity index (χ4v) is 2.95. The van der Waals surface area contributed by atoms with Crippen molar-refractivity contribution < 1.29 is 0 Å². The molecule has 0 radical (unpaired) electrons. The molecule has 6 nitrogen and oxygen atoms in total.